The average Bonchev–Trinajstić information content (AvgIpc) is 2.94. The molecule has 0 saturated carbocycles. The minimum atomic E-state index is -0.831. The van der Waals surface area contributed by atoms with Gasteiger partial charge in [0.1, 0.15) is 0 Å². The van der Waals surface area contributed by atoms with Gasteiger partial charge in [-0.1, -0.05) is 48.9 Å². The first-order valence-corrected chi connectivity index (χ1v) is 13.1. The second kappa shape index (κ2) is 10.4. The van der Waals surface area contributed by atoms with E-state index in [0.29, 0.717) is 12.4 Å². The molecule has 1 aliphatic heterocycles. The highest BCUT2D eigenvalue weighted by atomic mass is 19.2. The predicted octanol–water partition coefficient (Wildman–Crippen LogP) is 6.88. The van der Waals surface area contributed by atoms with Gasteiger partial charge in [-0.15, -0.1) is 0 Å². The number of anilines is 2. The zero-order valence-corrected chi connectivity index (χ0v) is 20.8. The SMILES string of the molecule is Fc1ccc([C@@H]2Cc3cnc(Nc4ccc(CCN5CCCCC5)cc4)nc3-c3ccccc32)cc1F. The van der Waals surface area contributed by atoms with E-state index in [4.69, 9.17) is 4.98 Å². The Balaban J connectivity index is 1.20. The van der Waals surface area contributed by atoms with Crippen LogP contribution in [-0.4, -0.2) is 34.5 Å². The van der Waals surface area contributed by atoms with Crippen LogP contribution in [0.1, 0.15) is 47.4 Å². The van der Waals surface area contributed by atoms with Gasteiger partial charge in [0, 0.05) is 29.9 Å². The molecule has 1 fully saturated rings. The lowest BCUT2D eigenvalue weighted by atomic mass is 9.78. The highest BCUT2D eigenvalue weighted by molar-refractivity contribution is 5.73. The zero-order chi connectivity index (χ0) is 25.2. The number of benzene rings is 3. The molecule has 0 unspecified atom stereocenters. The van der Waals surface area contributed by atoms with Crippen molar-refractivity contribution >= 4 is 11.6 Å². The standard InChI is InChI=1S/C31H30F2N4/c32-28-13-10-22(19-29(28)33)27-18-23-20-34-31(36-30(23)26-7-3-2-6-25(26)27)35-24-11-8-21(9-12-24)14-17-37-15-4-1-5-16-37/h2-3,6-13,19-20,27H,1,4-5,14-18H2,(H,34,35,36)/t27-/m0/s1. The van der Waals surface area contributed by atoms with Gasteiger partial charge in [-0.25, -0.2) is 18.7 Å². The van der Waals surface area contributed by atoms with Crippen LogP contribution in [0.4, 0.5) is 20.4 Å². The van der Waals surface area contributed by atoms with E-state index in [9.17, 15) is 8.78 Å². The molecular weight excluding hydrogens is 466 g/mol. The summed E-state index contributed by atoms with van der Waals surface area (Å²) in [7, 11) is 0. The maximum absolute atomic E-state index is 14.0. The summed E-state index contributed by atoms with van der Waals surface area (Å²) in [6, 6.07) is 20.7. The molecule has 4 nitrogen and oxygen atoms in total. The molecule has 6 heteroatoms. The summed E-state index contributed by atoms with van der Waals surface area (Å²) in [6.45, 7) is 3.56. The number of halogens is 2. The largest absolute Gasteiger partial charge is 0.324 e. The summed E-state index contributed by atoms with van der Waals surface area (Å²) < 4.78 is 27.6. The van der Waals surface area contributed by atoms with E-state index >= 15 is 0 Å². The third-order valence-electron chi connectivity index (χ3n) is 7.60. The van der Waals surface area contributed by atoms with E-state index in [2.05, 4.69) is 39.5 Å². The molecule has 6 rings (SSSR count). The van der Waals surface area contributed by atoms with Crippen molar-refractivity contribution < 1.29 is 8.78 Å². The second-order valence-electron chi connectivity index (χ2n) is 10.1. The summed E-state index contributed by atoms with van der Waals surface area (Å²) in [5, 5.41) is 3.35. The van der Waals surface area contributed by atoms with Crippen LogP contribution in [-0.2, 0) is 12.8 Å². The molecule has 0 amide bonds. The molecule has 2 heterocycles. The fraction of sp³-hybridized carbons (Fsp3) is 0.290. The van der Waals surface area contributed by atoms with Crippen LogP contribution < -0.4 is 5.32 Å². The molecule has 0 bridgehead atoms. The Hall–Kier alpha value is -3.64. The van der Waals surface area contributed by atoms with Gasteiger partial charge in [-0.2, -0.15) is 0 Å². The van der Waals surface area contributed by atoms with Crippen molar-refractivity contribution in [2.75, 3.05) is 25.0 Å². The van der Waals surface area contributed by atoms with Crippen LogP contribution in [0.15, 0.2) is 72.9 Å². The lowest BCUT2D eigenvalue weighted by Crippen LogP contribution is -2.31. The van der Waals surface area contributed by atoms with Crippen molar-refractivity contribution in [2.45, 2.75) is 38.0 Å². The van der Waals surface area contributed by atoms with Gasteiger partial charge in [-0.3, -0.25) is 0 Å². The maximum Gasteiger partial charge on any atom is 0.227 e. The number of fused-ring (bicyclic) bond motifs is 3. The summed E-state index contributed by atoms with van der Waals surface area (Å²) in [5.74, 6) is -1.20. The van der Waals surface area contributed by atoms with Crippen molar-refractivity contribution in [3.8, 4) is 11.3 Å². The summed E-state index contributed by atoms with van der Waals surface area (Å²) in [6.07, 6.45) is 7.54. The van der Waals surface area contributed by atoms with Crippen LogP contribution in [0, 0.1) is 11.6 Å². The molecule has 1 saturated heterocycles. The van der Waals surface area contributed by atoms with Crippen molar-refractivity contribution in [1.29, 1.82) is 0 Å². The number of nitrogens with one attached hydrogen (secondary N) is 1. The Morgan fingerprint density at radius 1 is 0.892 bits per heavy atom. The highest BCUT2D eigenvalue weighted by Crippen LogP contribution is 2.42. The fourth-order valence-corrected chi connectivity index (χ4v) is 5.58. The van der Waals surface area contributed by atoms with Crippen LogP contribution in [0.5, 0.6) is 0 Å². The van der Waals surface area contributed by atoms with Crippen molar-refractivity contribution in [2.24, 2.45) is 0 Å². The van der Waals surface area contributed by atoms with Gasteiger partial charge >= 0.3 is 0 Å². The van der Waals surface area contributed by atoms with Crippen molar-refractivity contribution in [3.63, 3.8) is 0 Å². The third-order valence-corrected chi connectivity index (χ3v) is 7.60. The predicted molar refractivity (Wildman–Crippen MR) is 143 cm³/mol. The van der Waals surface area contributed by atoms with Gasteiger partial charge in [0.15, 0.2) is 11.6 Å². The van der Waals surface area contributed by atoms with Gasteiger partial charge < -0.3 is 10.2 Å². The van der Waals surface area contributed by atoms with E-state index in [1.807, 2.05) is 30.5 Å². The smallest absolute Gasteiger partial charge is 0.227 e. The topological polar surface area (TPSA) is 41.1 Å². The monoisotopic (exact) mass is 496 g/mol. The van der Waals surface area contributed by atoms with E-state index in [1.54, 1.807) is 6.07 Å². The average molecular weight is 497 g/mol. The lowest BCUT2D eigenvalue weighted by Gasteiger charge is -2.27. The highest BCUT2D eigenvalue weighted by Gasteiger charge is 2.28. The Kier molecular flexibility index (Phi) is 6.66. The molecular formula is C31H30F2N4. The van der Waals surface area contributed by atoms with E-state index in [0.717, 1.165) is 46.6 Å². The van der Waals surface area contributed by atoms with Crippen LogP contribution in [0.25, 0.3) is 11.3 Å². The number of hydrogen-bond donors (Lipinski definition) is 1. The quantitative estimate of drug-likeness (QED) is 0.316. The minimum absolute atomic E-state index is 0.0845. The summed E-state index contributed by atoms with van der Waals surface area (Å²) >= 11 is 0. The molecule has 37 heavy (non-hydrogen) atoms. The molecule has 1 atom stereocenters. The van der Waals surface area contributed by atoms with Gasteiger partial charge in [0.25, 0.3) is 0 Å². The number of hydrogen-bond acceptors (Lipinski definition) is 4. The van der Waals surface area contributed by atoms with E-state index in [-0.39, 0.29) is 5.92 Å². The number of aromatic nitrogens is 2. The van der Waals surface area contributed by atoms with Gasteiger partial charge in [0.2, 0.25) is 5.95 Å². The number of nitrogens with zero attached hydrogens (tertiary/aromatic N) is 3. The van der Waals surface area contributed by atoms with Crippen LogP contribution in [0.3, 0.4) is 0 Å². The molecule has 1 aromatic heterocycles. The Bertz CT molecular complexity index is 1400. The van der Waals surface area contributed by atoms with Gasteiger partial charge in [-0.05, 0) is 85.3 Å². The number of rotatable bonds is 6. The first-order chi connectivity index (χ1) is 18.1. The van der Waals surface area contributed by atoms with E-state index in [1.165, 1.54) is 50.0 Å². The molecule has 0 spiro atoms. The fourth-order valence-electron chi connectivity index (χ4n) is 5.58. The molecule has 4 aromatic rings. The zero-order valence-electron chi connectivity index (χ0n) is 20.8. The Morgan fingerprint density at radius 2 is 1.70 bits per heavy atom. The maximum atomic E-state index is 14.0. The number of likely N-dealkylation sites (tertiary alicyclic amines) is 1. The van der Waals surface area contributed by atoms with E-state index < -0.39 is 11.6 Å². The second-order valence-corrected chi connectivity index (χ2v) is 10.1. The first kappa shape index (κ1) is 23.7. The summed E-state index contributed by atoms with van der Waals surface area (Å²) in [5.41, 5.74) is 6.96. The molecule has 2 aliphatic rings. The third kappa shape index (κ3) is 5.12. The lowest BCUT2D eigenvalue weighted by molar-refractivity contribution is 0.231. The Labute approximate surface area is 216 Å². The first-order valence-electron chi connectivity index (χ1n) is 13.1. The van der Waals surface area contributed by atoms with Gasteiger partial charge in [0.05, 0.1) is 5.69 Å². The summed E-state index contributed by atoms with van der Waals surface area (Å²) in [4.78, 5) is 12.0. The molecule has 1 aliphatic carbocycles. The van der Waals surface area contributed by atoms with Crippen molar-refractivity contribution in [3.05, 3.63) is 107 Å². The molecule has 1 N–H and O–H groups in total. The molecule has 3 aromatic carbocycles. The molecule has 188 valence electrons. The van der Waals surface area contributed by atoms with Crippen molar-refractivity contribution in [1.82, 2.24) is 14.9 Å². The molecule has 0 radical (unpaired) electrons. The number of piperidine rings is 1. The van der Waals surface area contributed by atoms with Crippen LogP contribution >= 0.6 is 0 Å². The normalized spacial score (nSPS) is 17.2. The minimum Gasteiger partial charge on any atom is -0.324 e. The Morgan fingerprint density at radius 3 is 2.51 bits per heavy atom. The van der Waals surface area contributed by atoms with Crippen LogP contribution in [0.2, 0.25) is 0 Å².